The summed E-state index contributed by atoms with van der Waals surface area (Å²) in [5.41, 5.74) is -0.311. The van der Waals surface area contributed by atoms with E-state index in [2.05, 4.69) is 5.10 Å². The number of hydrogen-bond acceptors (Lipinski definition) is 5. The molecule has 0 aliphatic carbocycles. The van der Waals surface area contributed by atoms with Gasteiger partial charge in [-0.2, -0.15) is 5.10 Å². The molecule has 6 heteroatoms. The molecule has 0 unspecified atom stereocenters. The second kappa shape index (κ2) is 7.07. The fourth-order valence-corrected chi connectivity index (χ4v) is 1.86. The zero-order valence-corrected chi connectivity index (χ0v) is 12.5. The Hall–Kier alpha value is -1.85. The number of carbonyl (C=O) groups excluding carboxylic acids is 2. The summed E-state index contributed by atoms with van der Waals surface area (Å²) in [5, 5.41) is 4.06. The lowest BCUT2D eigenvalue weighted by Crippen LogP contribution is -2.40. The predicted molar refractivity (Wildman–Crippen MR) is 72.9 cm³/mol. The van der Waals surface area contributed by atoms with Crippen LogP contribution in [-0.2, 0) is 32.5 Å². The average molecular weight is 282 g/mol. The van der Waals surface area contributed by atoms with Crippen molar-refractivity contribution < 1.29 is 19.1 Å². The lowest BCUT2D eigenvalue weighted by Gasteiger charge is -2.24. The van der Waals surface area contributed by atoms with E-state index >= 15 is 0 Å². The number of ether oxygens (including phenoxy) is 2. The monoisotopic (exact) mass is 282 g/mol. The summed E-state index contributed by atoms with van der Waals surface area (Å²) < 4.78 is 11.7. The van der Waals surface area contributed by atoms with Gasteiger partial charge in [-0.05, 0) is 39.2 Å². The Kier molecular flexibility index (Phi) is 5.73. The first-order valence-corrected chi connectivity index (χ1v) is 6.76. The Morgan fingerprint density at radius 2 is 1.80 bits per heavy atom. The van der Waals surface area contributed by atoms with Gasteiger partial charge < -0.3 is 9.47 Å². The Morgan fingerprint density at radius 3 is 2.20 bits per heavy atom. The number of nitrogens with zero attached hydrogens (tertiary/aromatic N) is 2. The van der Waals surface area contributed by atoms with Crippen LogP contribution in [-0.4, -0.2) is 34.9 Å². The third-order valence-corrected chi connectivity index (χ3v) is 3.12. The van der Waals surface area contributed by atoms with Gasteiger partial charge in [0.15, 0.2) is 5.41 Å². The van der Waals surface area contributed by atoms with Gasteiger partial charge in [0.05, 0.1) is 19.4 Å². The van der Waals surface area contributed by atoms with Gasteiger partial charge in [-0.1, -0.05) is 0 Å². The molecular formula is C14H22N2O4. The van der Waals surface area contributed by atoms with Crippen molar-refractivity contribution in [2.24, 2.45) is 12.5 Å². The minimum absolute atomic E-state index is 0.237. The fraction of sp³-hybridized carbons (Fsp3) is 0.643. The zero-order chi connectivity index (χ0) is 15.2. The molecule has 0 atom stereocenters. The zero-order valence-electron chi connectivity index (χ0n) is 12.5. The Morgan fingerprint density at radius 1 is 1.25 bits per heavy atom. The van der Waals surface area contributed by atoms with E-state index in [0.717, 1.165) is 5.56 Å². The van der Waals surface area contributed by atoms with Crippen molar-refractivity contribution in [2.45, 2.75) is 33.6 Å². The van der Waals surface area contributed by atoms with Crippen LogP contribution >= 0.6 is 0 Å². The first-order chi connectivity index (χ1) is 9.43. The molecule has 0 fully saturated rings. The Bertz CT molecular complexity index is 449. The lowest BCUT2D eigenvalue weighted by molar-refractivity contribution is -0.171. The van der Waals surface area contributed by atoms with Crippen molar-refractivity contribution in [1.29, 1.82) is 0 Å². The van der Waals surface area contributed by atoms with Gasteiger partial charge >= 0.3 is 11.9 Å². The van der Waals surface area contributed by atoms with E-state index in [1.54, 1.807) is 31.6 Å². The van der Waals surface area contributed by atoms with Crippen LogP contribution in [0.15, 0.2) is 12.4 Å². The molecule has 0 saturated carbocycles. The first-order valence-electron chi connectivity index (χ1n) is 6.76. The second-order valence-corrected chi connectivity index (χ2v) is 4.80. The van der Waals surface area contributed by atoms with E-state index in [1.807, 2.05) is 13.2 Å². The van der Waals surface area contributed by atoms with Crippen molar-refractivity contribution in [3.05, 3.63) is 18.0 Å². The molecule has 0 aliphatic rings. The summed E-state index contributed by atoms with van der Waals surface area (Å²) in [6.45, 7) is 5.47. The molecule has 20 heavy (non-hydrogen) atoms. The molecule has 112 valence electrons. The number of esters is 2. The van der Waals surface area contributed by atoms with Crippen LogP contribution in [0.2, 0.25) is 0 Å². The number of hydrogen-bond donors (Lipinski definition) is 0. The molecule has 0 aliphatic heterocycles. The van der Waals surface area contributed by atoms with Gasteiger partial charge in [-0.25, -0.2) is 0 Å². The van der Waals surface area contributed by atoms with Gasteiger partial charge in [-0.3, -0.25) is 14.3 Å². The molecule has 1 heterocycles. The molecule has 0 amide bonds. The summed E-state index contributed by atoms with van der Waals surface area (Å²) in [6.07, 6.45) is 4.46. The van der Waals surface area contributed by atoms with Crippen LogP contribution in [0.4, 0.5) is 0 Å². The smallest absolute Gasteiger partial charge is 0.323 e. The molecule has 1 rings (SSSR count). The summed E-state index contributed by atoms with van der Waals surface area (Å²) in [6, 6.07) is 0. The van der Waals surface area contributed by atoms with Crippen LogP contribution in [0.1, 0.15) is 32.8 Å². The van der Waals surface area contributed by atoms with Gasteiger partial charge in [0.25, 0.3) is 0 Å². The first kappa shape index (κ1) is 16.2. The standard InChI is InChI=1S/C14H22N2O4/c1-5-19-12(17)14(3,13(18)20-6-2)8-7-11-9-15-16(4)10-11/h9-10H,5-8H2,1-4H3. The third-order valence-electron chi connectivity index (χ3n) is 3.12. The maximum atomic E-state index is 12.1. The van der Waals surface area contributed by atoms with Crippen molar-refractivity contribution in [3.8, 4) is 0 Å². The number of carbonyl (C=O) groups is 2. The molecule has 0 saturated heterocycles. The number of aryl methyl sites for hydroxylation is 2. The SMILES string of the molecule is CCOC(=O)C(C)(CCc1cnn(C)c1)C(=O)OCC. The molecule has 1 aromatic rings. The summed E-state index contributed by atoms with van der Waals surface area (Å²) in [4.78, 5) is 24.1. The molecule has 0 aromatic carbocycles. The molecule has 0 bridgehead atoms. The van der Waals surface area contributed by atoms with E-state index < -0.39 is 17.4 Å². The summed E-state index contributed by atoms with van der Waals surface area (Å²) in [5.74, 6) is -1.08. The topological polar surface area (TPSA) is 70.4 Å². The van der Waals surface area contributed by atoms with Crippen molar-refractivity contribution in [1.82, 2.24) is 9.78 Å². The van der Waals surface area contributed by atoms with Crippen LogP contribution in [0.3, 0.4) is 0 Å². The minimum Gasteiger partial charge on any atom is -0.465 e. The van der Waals surface area contributed by atoms with Gasteiger partial charge in [0, 0.05) is 13.2 Å². The highest BCUT2D eigenvalue weighted by Crippen LogP contribution is 2.27. The normalized spacial score (nSPS) is 11.2. The molecule has 0 spiro atoms. The quantitative estimate of drug-likeness (QED) is 0.559. The minimum atomic E-state index is -1.28. The van der Waals surface area contributed by atoms with Gasteiger partial charge in [0.1, 0.15) is 0 Å². The second-order valence-electron chi connectivity index (χ2n) is 4.80. The van der Waals surface area contributed by atoms with Gasteiger partial charge in [0.2, 0.25) is 0 Å². The molecule has 1 aromatic heterocycles. The van der Waals surface area contributed by atoms with Crippen LogP contribution in [0.25, 0.3) is 0 Å². The third kappa shape index (κ3) is 3.82. The lowest BCUT2D eigenvalue weighted by atomic mass is 9.84. The van der Waals surface area contributed by atoms with Crippen LogP contribution < -0.4 is 0 Å². The Balaban J connectivity index is 2.81. The van der Waals surface area contributed by atoms with Crippen LogP contribution in [0, 0.1) is 5.41 Å². The fourth-order valence-electron chi connectivity index (χ4n) is 1.86. The number of rotatable bonds is 7. The molecular weight excluding hydrogens is 260 g/mol. The molecule has 0 radical (unpaired) electrons. The highest BCUT2D eigenvalue weighted by molar-refractivity contribution is 5.99. The van der Waals surface area contributed by atoms with E-state index in [9.17, 15) is 9.59 Å². The van der Waals surface area contributed by atoms with E-state index in [4.69, 9.17) is 9.47 Å². The van der Waals surface area contributed by atoms with Crippen LogP contribution in [0.5, 0.6) is 0 Å². The molecule has 0 N–H and O–H groups in total. The van der Waals surface area contributed by atoms with Crippen molar-refractivity contribution in [3.63, 3.8) is 0 Å². The van der Waals surface area contributed by atoms with Crippen molar-refractivity contribution in [2.75, 3.05) is 13.2 Å². The number of aromatic nitrogens is 2. The summed E-state index contributed by atoms with van der Waals surface area (Å²) >= 11 is 0. The van der Waals surface area contributed by atoms with E-state index in [-0.39, 0.29) is 13.2 Å². The van der Waals surface area contributed by atoms with Crippen molar-refractivity contribution >= 4 is 11.9 Å². The molecule has 6 nitrogen and oxygen atoms in total. The highest BCUT2D eigenvalue weighted by atomic mass is 16.6. The Labute approximate surface area is 119 Å². The van der Waals surface area contributed by atoms with E-state index in [1.165, 1.54) is 0 Å². The average Bonchev–Trinajstić information content (AvgIpc) is 2.82. The predicted octanol–water partition coefficient (Wildman–Crippen LogP) is 1.49. The maximum absolute atomic E-state index is 12.1. The maximum Gasteiger partial charge on any atom is 0.323 e. The highest BCUT2D eigenvalue weighted by Gasteiger charge is 2.43. The van der Waals surface area contributed by atoms with Gasteiger partial charge in [-0.15, -0.1) is 0 Å². The largest absolute Gasteiger partial charge is 0.465 e. The summed E-state index contributed by atoms with van der Waals surface area (Å²) in [7, 11) is 1.82. The van der Waals surface area contributed by atoms with E-state index in [0.29, 0.717) is 12.8 Å².